The third kappa shape index (κ3) is 5.17. The van der Waals surface area contributed by atoms with Crippen LogP contribution in [0, 0.1) is 0 Å². The van der Waals surface area contributed by atoms with Crippen molar-refractivity contribution in [1.29, 1.82) is 0 Å². The number of hydrogen-bond acceptors (Lipinski definition) is 3. The van der Waals surface area contributed by atoms with Crippen molar-refractivity contribution in [3.05, 3.63) is 59.7 Å². The standard InChI is InChI=1S/C20H23N3O3/c1-4-18(24)22-15-9-7-8-14(12-15)19(25)23-17-11-6-5-10-16(17)20(26)21-13(2)3/h5-13H,4H2,1-3H3,(H,21,26)(H,22,24)(H,23,25). The summed E-state index contributed by atoms with van der Waals surface area (Å²) in [4.78, 5) is 36.4. The molecule has 6 heteroatoms. The Kier molecular flexibility index (Phi) is 6.49. The Bertz CT molecular complexity index is 815. The normalized spacial score (nSPS) is 10.3. The van der Waals surface area contributed by atoms with Gasteiger partial charge in [-0.3, -0.25) is 14.4 Å². The van der Waals surface area contributed by atoms with Crippen molar-refractivity contribution in [3.63, 3.8) is 0 Å². The number of nitrogens with one attached hydrogen (secondary N) is 3. The summed E-state index contributed by atoms with van der Waals surface area (Å²) < 4.78 is 0. The highest BCUT2D eigenvalue weighted by Crippen LogP contribution is 2.18. The Balaban J connectivity index is 2.19. The average Bonchev–Trinajstić information content (AvgIpc) is 2.61. The molecule has 0 aliphatic rings. The Labute approximate surface area is 153 Å². The van der Waals surface area contributed by atoms with E-state index in [4.69, 9.17) is 0 Å². The summed E-state index contributed by atoms with van der Waals surface area (Å²) in [6.07, 6.45) is 0.356. The molecular formula is C20H23N3O3. The lowest BCUT2D eigenvalue weighted by Crippen LogP contribution is -2.31. The average molecular weight is 353 g/mol. The van der Waals surface area contributed by atoms with E-state index >= 15 is 0 Å². The lowest BCUT2D eigenvalue weighted by atomic mass is 10.1. The Morgan fingerprint density at radius 1 is 0.923 bits per heavy atom. The molecule has 136 valence electrons. The summed E-state index contributed by atoms with van der Waals surface area (Å²) in [5.41, 5.74) is 1.76. The number of hydrogen-bond donors (Lipinski definition) is 3. The fraction of sp³-hybridized carbons (Fsp3) is 0.250. The van der Waals surface area contributed by atoms with E-state index in [2.05, 4.69) is 16.0 Å². The minimum Gasteiger partial charge on any atom is -0.350 e. The van der Waals surface area contributed by atoms with Crippen LogP contribution in [-0.2, 0) is 4.79 Å². The molecule has 0 atom stereocenters. The summed E-state index contributed by atoms with van der Waals surface area (Å²) in [6, 6.07) is 13.5. The molecule has 26 heavy (non-hydrogen) atoms. The van der Waals surface area contributed by atoms with Gasteiger partial charge in [0.15, 0.2) is 0 Å². The molecule has 2 rings (SSSR count). The van der Waals surface area contributed by atoms with E-state index in [0.29, 0.717) is 28.9 Å². The van der Waals surface area contributed by atoms with Gasteiger partial charge in [-0.15, -0.1) is 0 Å². The zero-order valence-electron chi connectivity index (χ0n) is 15.1. The van der Waals surface area contributed by atoms with Gasteiger partial charge in [-0.2, -0.15) is 0 Å². The minimum absolute atomic E-state index is 0.00915. The highest BCUT2D eigenvalue weighted by molar-refractivity contribution is 6.09. The highest BCUT2D eigenvalue weighted by atomic mass is 16.2. The Morgan fingerprint density at radius 2 is 1.65 bits per heavy atom. The SMILES string of the molecule is CCC(=O)Nc1cccc(C(=O)Nc2ccccc2C(=O)NC(C)C)c1. The molecule has 2 aromatic rings. The molecule has 0 heterocycles. The second-order valence-corrected chi connectivity index (χ2v) is 6.11. The lowest BCUT2D eigenvalue weighted by molar-refractivity contribution is -0.115. The van der Waals surface area contributed by atoms with Crippen LogP contribution in [0.5, 0.6) is 0 Å². The molecule has 0 aliphatic heterocycles. The van der Waals surface area contributed by atoms with Gasteiger partial charge < -0.3 is 16.0 Å². The fourth-order valence-corrected chi connectivity index (χ4v) is 2.31. The fourth-order valence-electron chi connectivity index (χ4n) is 2.31. The topological polar surface area (TPSA) is 87.3 Å². The predicted molar refractivity (Wildman–Crippen MR) is 102 cm³/mol. The third-order valence-corrected chi connectivity index (χ3v) is 3.57. The van der Waals surface area contributed by atoms with Crippen LogP contribution in [0.1, 0.15) is 47.9 Å². The van der Waals surface area contributed by atoms with E-state index in [1.807, 2.05) is 13.8 Å². The molecule has 3 N–H and O–H groups in total. The lowest BCUT2D eigenvalue weighted by Gasteiger charge is -2.13. The van der Waals surface area contributed by atoms with Crippen LogP contribution >= 0.6 is 0 Å². The van der Waals surface area contributed by atoms with E-state index in [1.165, 1.54) is 0 Å². The molecule has 0 saturated heterocycles. The molecular weight excluding hydrogens is 330 g/mol. The van der Waals surface area contributed by atoms with Crippen LogP contribution in [0.3, 0.4) is 0 Å². The first-order valence-electron chi connectivity index (χ1n) is 8.52. The molecule has 2 aromatic carbocycles. The molecule has 3 amide bonds. The Hall–Kier alpha value is -3.15. The minimum atomic E-state index is -0.359. The van der Waals surface area contributed by atoms with Crippen LogP contribution in [0.4, 0.5) is 11.4 Å². The first-order valence-corrected chi connectivity index (χ1v) is 8.52. The molecule has 0 unspecified atom stereocenters. The van der Waals surface area contributed by atoms with E-state index in [0.717, 1.165) is 0 Å². The van der Waals surface area contributed by atoms with E-state index in [-0.39, 0.29) is 23.8 Å². The first kappa shape index (κ1) is 19.2. The summed E-state index contributed by atoms with van der Waals surface area (Å²) in [5.74, 6) is -0.736. The third-order valence-electron chi connectivity index (χ3n) is 3.57. The van der Waals surface area contributed by atoms with Gasteiger partial charge in [-0.25, -0.2) is 0 Å². The van der Waals surface area contributed by atoms with Crippen LogP contribution in [0.25, 0.3) is 0 Å². The molecule has 0 bridgehead atoms. The van der Waals surface area contributed by atoms with Gasteiger partial charge in [0, 0.05) is 23.7 Å². The quantitative estimate of drug-likeness (QED) is 0.743. The van der Waals surface area contributed by atoms with Crippen molar-refractivity contribution in [2.24, 2.45) is 0 Å². The van der Waals surface area contributed by atoms with Gasteiger partial charge in [-0.1, -0.05) is 25.1 Å². The van der Waals surface area contributed by atoms with Crippen LogP contribution in [0.15, 0.2) is 48.5 Å². The first-order chi connectivity index (χ1) is 12.4. The Morgan fingerprint density at radius 3 is 2.35 bits per heavy atom. The molecule has 0 saturated carbocycles. The largest absolute Gasteiger partial charge is 0.350 e. The highest BCUT2D eigenvalue weighted by Gasteiger charge is 2.15. The van der Waals surface area contributed by atoms with Crippen molar-refractivity contribution in [3.8, 4) is 0 Å². The number of carbonyl (C=O) groups is 3. The van der Waals surface area contributed by atoms with E-state index < -0.39 is 0 Å². The molecule has 0 aliphatic carbocycles. The van der Waals surface area contributed by atoms with Crippen molar-refractivity contribution in [2.45, 2.75) is 33.2 Å². The van der Waals surface area contributed by atoms with Crippen molar-refractivity contribution in [2.75, 3.05) is 10.6 Å². The number of para-hydroxylation sites is 1. The monoisotopic (exact) mass is 353 g/mol. The van der Waals surface area contributed by atoms with Gasteiger partial charge in [0.05, 0.1) is 11.3 Å². The zero-order valence-corrected chi connectivity index (χ0v) is 15.1. The van der Waals surface area contributed by atoms with Gasteiger partial charge >= 0.3 is 0 Å². The molecule has 0 fully saturated rings. The molecule has 6 nitrogen and oxygen atoms in total. The second-order valence-electron chi connectivity index (χ2n) is 6.11. The number of rotatable bonds is 6. The summed E-state index contributed by atoms with van der Waals surface area (Å²) in [6.45, 7) is 5.50. The number of anilines is 2. The second kappa shape index (κ2) is 8.80. The number of amides is 3. The zero-order chi connectivity index (χ0) is 19.1. The number of carbonyl (C=O) groups excluding carboxylic acids is 3. The molecule has 0 spiro atoms. The predicted octanol–water partition coefficient (Wildman–Crippen LogP) is 3.43. The maximum atomic E-state index is 12.6. The maximum absolute atomic E-state index is 12.6. The smallest absolute Gasteiger partial charge is 0.255 e. The van der Waals surface area contributed by atoms with E-state index in [9.17, 15) is 14.4 Å². The van der Waals surface area contributed by atoms with Crippen LogP contribution < -0.4 is 16.0 Å². The van der Waals surface area contributed by atoms with Crippen molar-refractivity contribution < 1.29 is 14.4 Å². The molecule has 0 aromatic heterocycles. The van der Waals surface area contributed by atoms with Crippen molar-refractivity contribution >= 4 is 29.1 Å². The van der Waals surface area contributed by atoms with Gasteiger partial charge in [0.2, 0.25) is 5.91 Å². The summed E-state index contributed by atoms with van der Waals surface area (Å²) in [5, 5.41) is 8.29. The number of benzene rings is 2. The van der Waals surface area contributed by atoms with Gasteiger partial charge in [0.25, 0.3) is 11.8 Å². The summed E-state index contributed by atoms with van der Waals surface area (Å²) in [7, 11) is 0. The van der Waals surface area contributed by atoms with Gasteiger partial charge in [-0.05, 0) is 44.2 Å². The maximum Gasteiger partial charge on any atom is 0.255 e. The molecule has 0 radical (unpaired) electrons. The van der Waals surface area contributed by atoms with Crippen molar-refractivity contribution in [1.82, 2.24) is 5.32 Å². The van der Waals surface area contributed by atoms with Crippen LogP contribution in [-0.4, -0.2) is 23.8 Å². The summed E-state index contributed by atoms with van der Waals surface area (Å²) >= 11 is 0. The van der Waals surface area contributed by atoms with Crippen LogP contribution in [0.2, 0.25) is 0 Å². The van der Waals surface area contributed by atoms with E-state index in [1.54, 1.807) is 55.5 Å². The van der Waals surface area contributed by atoms with Gasteiger partial charge in [0.1, 0.15) is 0 Å².